The molecule has 1 saturated heterocycles. The van der Waals surface area contributed by atoms with Crippen molar-refractivity contribution in [3.8, 4) is 0 Å². The van der Waals surface area contributed by atoms with Crippen LogP contribution in [0.15, 0.2) is 30.2 Å². The molecule has 1 aliphatic rings. The molecule has 4 heteroatoms. The second-order valence-electron chi connectivity index (χ2n) is 5.54. The lowest BCUT2D eigenvalue weighted by Gasteiger charge is -2.32. The Morgan fingerprint density at radius 2 is 1.50 bits per heavy atom. The molecule has 0 unspecified atom stereocenters. The average molecular weight is 265 g/mol. The van der Waals surface area contributed by atoms with Crippen LogP contribution < -0.4 is 0 Å². The second kappa shape index (κ2) is 4.73. The molecule has 0 N–H and O–H groups in total. The minimum atomic E-state index is -0.300. The Morgan fingerprint density at radius 3 is 2.00 bits per heavy atom. The summed E-state index contributed by atoms with van der Waals surface area (Å²) < 4.78 is 11.7. The third kappa shape index (κ3) is 2.79. The van der Waals surface area contributed by atoms with E-state index < -0.39 is 0 Å². The maximum atomic E-state index is 5.87. The lowest BCUT2D eigenvalue weighted by atomic mass is 9.89. The monoisotopic (exact) mass is 264 g/mol. The lowest BCUT2D eigenvalue weighted by molar-refractivity contribution is 0.00578. The van der Waals surface area contributed by atoms with Crippen LogP contribution >= 0.6 is 11.6 Å². The van der Waals surface area contributed by atoms with Gasteiger partial charge in [0.25, 0.3) is 0 Å². The van der Waals surface area contributed by atoms with Gasteiger partial charge in [-0.15, -0.1) is 0 Å². The summed E-state index contributed by atoms with van der Waals surface area (Å²) in [5, 5.41) is 0.739. The van der Waals surface area contributed by atoms with Gasteiger partial charge in [-0.05, 0) is 45.4 Å². The van der Waals surface area contributed by atoms with Crippen LogP contribution in [0.1, 0.15) is 33.3 Å². The van der Waals surface area contributed by atoms with E-state index in [0.29, 0.717) is 0 Å². The summed E-state index contributed by atoms with van der Waals surface area (Å²) in [6.07, 6.45) is 1.98. The fourth-order valence-electron chi connectivity index (χ4n) is 1.73. The highest BCUT2D eigenvalue weighted by atomic mass is 35.5. The zero-order chi connectivity index (χ0) is 13.4. The zero-order valence-electron chi connectivity index (χ0n) is 11.2. The van der Waals surface area contributed by atoms with Gasteiger partial charge in [0, 0.05) is 5.02 Å². The lowest BCUT2D eigenvalue weighted by Crippen LogP contribution is -2.41. The molecule has 2 nitrogen and oxygen atoms in total. The van der Waals surface area contributed by atoms with Crippen LogP contribution in [-0.4, -0.2) is 18.3 Å². The Balaban J connectivity index is 2.06. The molecule has 0 radical (unpaired) electrons. The van der Waals surface area contributed by atoms with E-state index in [4.69, 9.17) is 20.9 Å². The highest BCUT2D eigenvalue weighted by Gasteiger charge is 2.49. The molecule has 0 amide bonds. The number of halogens is 1. The van der Waals surface area contributed by atoms with Gasteiger partial charge in [0.05, 0.1) is 11.2 Å². The van der Waals surface area contributed by atoms with Gasteiger partial charge in [0.15, 0.2) is 0 Å². The summed E-state index contributed by atoms with van der Waals surface area (Å²) in [7, 11) is -0.300. The molecule has 1 aliphatic heterocycles. The first kappa shape index (κ1) is 13.7. The summed E-state index contributed by atoms with van der Waals surface area (Å²) in [4.78, 5) is 0. The van der Waals surface area contributed by atoms with Crippen LogP contribution in [0.3, 0.4) is 0 Å². The second-order valence-corrected chi connectivity index (χ2v) is 5.97. The van der Waals surface area contributed by atoms with Gasteiger partial charge in [-0.2, -0.15) is 0 Å². The smallest absolute Gasteiger partial charge is 0.400 e. The predicted octanol–water partition coefficient (Wildman–Crippen LogP) is 3.98. The van der Waals surface area contributed by atoms with Gasteiger partial charge in [-0.3, -0.25) is 0 Å². The fourth-order valence-corrected chi connectivity index (χ4v) is 1.86. The summed E-state index contributed by atoms with van der Waals surface area (Å²) in [6.45, 7) is 8.18. The van der Waals surface area contributed by atoms with Crippen molar-refractivity contribution in [1.82, 2.24) is 0 Å². The highest BCUT2D eigenvalue weighted by Crippen LogP contribution is 2.37. The number of hydrogen-bond donors (Lipinski definition) is 0. The molecule has 0 aromatic heterocycles. The molecule has 18 heavy (non-hydrogen) atoms. The molecular formula is C14H18BClO2. The fraction of sp³-hybridized carbons (Fsp3) is 0.429. The molecule has 2 rings (SSSR count). The quantitative estimate of drug-likeness (QED) is 0.752. The molecule has 0 bridgehead atoms. The Kier molecular flexibility index (Phi) is 3.59. The van der Waals surface area contributed by atoms with E-state index in [1.54, 1.807) is 0 Å². The molecule has 0 spiro atoms. The van der Waals surface area contributed by atoms with Crippen LogP contribution in [0.5, 0.6) is 0 Å². The van der Waals surface area contributed by atoms with E-state index in [2.05, 4.69) is 0 Å². The third-order valence-corrected chi connectivity index (χ3v) is 3.84. The Bertz CT molecular complexity index is 435. The molecule has 0 atom stereocenters. The Hall–Kier alpha value is -0.765. The van der Waals surface area contributed by atoms with Crippen molar-refractivity contribution in [2.45, 2.75) is 38.9 Å². The van der Waals surface area contributed by atoms with Gasteiger partial charge < -0.3 is 9.31 Å². The predicted molar refractivity (Wildman–Crippen MR) is 76.6 cm³/mol. The molecule has 1 aromatic carbocycles. The van der Waals surface area contributed by atoms with Gasteiger partial charge in [-0.25, -0.2) is 0 Å². The number of hydrogen-bond acceptors (Lipinski definition) is 2. The largest absolute Gasteiger partial charge is 0.487 e. The normalized spacial score (nSPS) is 21.7. The standard InChI is InChI=1S/C14H18BClO2/c1-13(2)14(3,4)18-15(17-13)10-9-11-5-7-12(16)8-6-11/h5-10H,1-4H3/b10-9+. The van der Waals surface area contributed by atoms with Crippen LogP contribution in [0.2, 0.25) is 5.02 Å². The summed E-state index contributed by atoms with van der Waals surface area (Å²) in [5.41, 5.74) is 0.499. The van der Waals surface area contributed by atoms with E-state index in [9.17, 15) is 0 Å². The Labute approximate surface area is 114 Å². The van der Waals surface area contributed by atoms with Crippen molar-refractivity contribution >= 4 is 24.8 Å². The van der Waals surface area contributed by atoms with Crippen molar-refractivity contribution in [3.63, 3.8) is 0 Å². The summed E-state index contributed by atoms with van der Waals surface area (Å²) >= 11 is 5.84. The van der Waals surface area contributed by atoms with E-state index in [-0.39, 0.29) is 18.3 Å². The van der Waals surface area contributed by atoms with Crippen LogP contribution in [0.25, 0.3) is 6.08 Å². The minimum absolute atomic E-state index is 0.290. The SMILES string of the molecule is CC1(C)OB(/C=C/c2ccc(Cl)cc2)OC1(C)C. The first-order chi connectivity index (χ1) is 8.30. The average Bonchev–Trinajstić information content (AvgIpc) is 2.47. The van der Waals surface area contributed by atoms with Crippen molar-refractivity contribution in [2.75, 3.05) is 0 Å². The van der Waals surface area contributed by atoms with Crippen molar-refractivity contribution in [3.05, 3.63) is 40.8 Å². The zero-order valence-corrected chi connectivity index (χ0v) is 12.0. The minimum Gasteiger partial charge on any atom is -0.400 e. The van der Waals surface area contributed by atoms with Gasteiger partial charge in [0.1, 0.15) is 0 Å². The van der Waals surface area contributed by atoms with Gasteiger partial charge in [0.2, 0.25) is 0 Å². The van der Waals surface area contributed by atoms with E-state index in [1.165, 1.54) is 0 Å². The first-order valence-electron chi connectivity index (χ1n) is 6.10. The number of benzene rings is 1. The molecule has 1 heterocycles. The van der Waals surface area contributed by atoms with E-state index in [1.807, 2.05) is 64.0 Å². The number of rotatable bonds is 2. The maximum absolute atomic E-state index is 5.87. The van der Waals surface area contributed by atoms with E-state index in [0.717, 1.165) is 10.6 Å². The summed E-state index contributed by atoms with van der Waals surface area (Å²) in [6, 6.07) is 7.66. The van der Waals surface area contributed by atoms with Crippen molar-refractivity contribution in [2.24, 2.45) is 0 Å². The molecule has 0 aliphatic carbocycles. The van der Waals surface area contributed by atoms with Crippen LogP contribution in [0.4, 0.5) is 0 Å². The molecule has 1 aromatic rings. The maximum Gasteiger partial charge on any atom is 0.487 e. The topological polar surface area (TPSA) is 18.5 Å². The highest BCUT2D eigenvalue weighted by molar-refractivity contribution is 6.52. The third-order valence-electron chi connectivity index (χ3n) is 3.59. The van der Waals surface area contributed by atoms with E-state index >= 15 is 0 Å². The van der Waals surface area contributed by atoms with Crippen molar-refractivity contribution < 1.29 is 9.31 Å². The molecule has 96 valence electrons. The van der Waals surface area contributed by atoms with Crippen LogP contribution in [0, 0.1) is 0 Å². The first-order valence-corrected chi connectivity index (χ1v) is 6.47. The van der Waals surface area contributed by atoms with Crippen molar-refractivity contribution in [1.29, 1.82) is 0 Å². The Morgan fingerprint density at radius 1 is 1.00 bits per heavy atom. The molecule has 1 fully saturated rings. The van der Waals surface area contributed by atoms with Gasteiger partial charge in [-0.1, -0.05) is 35.8 Å². The molecule has 0 saturated carbocycles. The molecular weight excluding hydrogens is 246 g/mol. The summed E-state index contributed by atoms with van der Waals surface area (Å²) in [5.74, 6) is 1.93. The van der Waals surface area contributed by atoms with Gasteiger partial charge >= 0.3 is 7.12 Å². The van der Waals surface area contributed by atoms with Crippen LogP contribution in [-0.2, 0) is 9.31 Å².